The Morgan fingerprint density at radius 3 is 2.68 bits per heavy atom. The van der Waals surface area contributed by atoms with Gasteiger partial charge in [-0.25, -0.2) is 4.68 Å². The van der Waals surface area contributed by atoms with Gasteiger partial charge in [-0.2, -0.15) is 10.2 Å². The molecule has 0 aliphatic carbocycles. The lowest BCUT2D eigenvalue weighted by molar-refractivity contribution is -0.123. The molecule has 1 amide bonds. The van der Waals surface area contributed by atoms with Gasteiger partial charge >= 0.3 is 0 Å². The van der Waals surface area contributed by atoms with Crippen LogP contribution in [0.1, 0.15) is 30.1 Å². The highest BCUT2D eigenvalue weighted by atomic mass is 16.2. The maximum atomic E-state index is 12.7. The summed E-state index contributed by atoms with van der Waals surface area (Å²) in [5.41, 5.74) is 2.81. The monoisotopic (exact) mass is 338 g/mol. The number of nitrogens with one attached hydrogen (secondary N) is 2. The predicted octanol–water partition coefficient (Wildman–Crippen LogP) is 1.74. The van der Waals surface area contributed by atoms with Gasteiger partial charge in [-0.05, 0) is 37.7 Å². The fourth-order valence-corrected chi connectivity index (χ4v) is 2.78. The fourth-order valence-electron chi connectivity index (χ4n) is 2.78. The SMILES string of the molecule is CNC(C(=O)NC(C)c1cccc(-n2cccn2)c1)c1cnn(C)c1. The maximum absolute atomic E-state index is 12.7. The maximum Gasteiger partial charge on any atom is 0.242 e. The van der Waals surface area contributed by atoms with Crippen molar-refractivity contribution in [1.29, 1.82) is 0 Å². The molecular weight excluding hydrogens is 316 g/mol. The van der Waals surface area contributed by atoms with Gasteiger partial charge in [0.2, 0.25) is 5.91 Å². The number of carbonyl (C=O) groups is 1. The third-order valence-corrected chi connectivity index (χ3v) is 4.11. The Balaban J connectivity index is 1.74. The van der Waals surface area contributed by atoms with Crippen molar-refractivity contribution in [3.63, 3.8) is 0 Å². The van der Waals surface area contributed by atoms with E-state index in [2.05, 4.69) is 20.8 Å². The molecule has 2 N–H and O–H groups in total. The van der Waals surface area contributed by atoms with Gasteiger partial charge in [0.15, 0.2) is 0 Å². The second kappa shape index (κ2) is 7.31. The summed E-state index contributed by atoms with van der Waals surface area (Å²) in [6.45, 7) is 1.97. The number of aryl methyl sites for hydroxylation is 1. The number of aromatic nitrogens is 4. The largest absolute Gasteiger partial charge is 0.348 e. The average molecular weight is 338 g/mol. The normalized spacial score (nSPS) is 13.4. The minimum Gasteiger partial charge on any atom is -0.348 e. The molecule has 3 rings (SSSR count). The van der Waals surface area contributed by atoms with E-state index in [-0.39, 0.29) is 11.9 Å². The molecule has 0 aliphatic heterocycles. The van der Waals surface area contributed by atoms with E-state index in [4.69, 9.17) is 0 Å². The van der Waals surface area contributed by atoms with Crippen molar-refractivity contribution in [1.82, 2.24) is 30.2 Å². The van der Waals surface area contributed by atoms with E-state index in [0.29, 0.717) is 0 Å². The van der Waals surface area contributed by atoms with Crippen molar-refractivity contribution in [2.75, 3.05) is 7.05 Å². The zero-order chi connectivity index (χ0) is 17.8. The van der Waals surface area contributed by atoms with Gasteiger partial charge in [0.25, 0.3) is 0 Å². The van der Waals surface area contributed by atoms with Crippen molar-refractivity contribution in [3.8, 4) is 5.69 Å². The van der Waals surface area contributed by atoms with Gasteiger partial charge in [-0.1, -0.05) is 12.1 Å². The molecule has 0 spiro atoms. The van der Waals surface area contributed by atoms with Crippen LogP contribution in [0.4, 0.5) is 0 Å². The van der Waals surface area contributed by atoms with Crippen LogP contribution >= 0.6 is 0 Å². The predicted molar refractivity (Wildman–Crippen MR) is 95.1 cm³/mol. The van der Waals surface area contributed by atoms with Crippen LogP contribution < -0.4 is 10.6 Å². The van der Waals surface area contributed by atoms with E-state index in [1.54, 1.807) is 28.8 Å². The summed E-state index contributed by atoms with van der Waals surface area (Å²) in [7, 11) is 3.60. The smallest absolute Gasteiger partial charge is 0.242 e. The van der Waals surface area contributed by atoms with Gasteiger partial charge in [0.05, 0.1) is 17.9 Å². The molecule has 3 aromatic rings. The van der Waals surface area contributed by atoms with E-state index >= 15 is 0 Å². The molecule has 130 valence electrons. The first-order valence-electron chi connectivity index (χ1n) is 8.14. The van der Waals surface area contributed by atoms with Crippen LogP contribution in [-0.4, -0.2) is 32.5 Å². The van der Waals surface area contributed by atoms with Crippen molar-refractivity contribution in [2.24, 2.45) is 7.05 Å². The Morgan fingerprint density at radius 1 is 1.20 bits per heavy atom. The lowest BCUT2D eigenvalue weighted by Crippen LogP contribution is -2.37. The molecule has 0 aliphatic rings. The van der Waals surface area contributed by atoms with Gasteiger partial charge < -0.3 is 10.6 Å². The molecule has 0 saturated carbocycles. The molecule has 0 saturated heterocycles. The molecular formula is C18H22N6O. The number of rotatable bonds is 6. The van der Waals surface area contributed by atoms with Crippen LogP contribution in [0.5, 0.6) is 0 Å². The van der Waals surface area contributed by atoms with Crippen LogP contribution in [0.15, 0.2) is 55.1 Å². The number of benzene rings is 1. The molecule has 2 heterocycles. The summed E-state index contributed by atoms with van der Waals surface area (Å²) in [6, 6.07) is 9.28. The first kappa shape index (κ1) is 16.9. The number of nitrogens with zero attached hydrogens (tertiary/aromatic N) is 4. The Kier molecular flexibility index (Phi) is 4.95. The second-order valence-electron chi connectivity index (χ2n) is 5.94. The zero-order valence-corrected chi connectivity index (χ0v) is 14.5. The van der Waals surface area contributed by atoms with E-state index < -0.39 is 6.04 Å². The summed E-state index contributed by atoms with van der Waals surface area (Å²) in [5, 5.41) is 14.5. The highest BCUT2D eigenvalue weighted by Gasteiger charge is 2.22. The standard InChI is InChI=1S/C18H22N6O/c1-13(14-6-4-7-16(10-14)24-9-5-8-20-24)22-18(25)17(19-2)15-11-21-23(3)12-15/h4-13,17,19H,1-3H3,(H,22,25). The number of likely N-dealkylation sites (N-methyl/N-ethyl adjacent to an activating group) is 1. The molecule has 0 fully saturated rings. The van der Waals surface area contributed by atoms with Gasteiger partial charge in [0, 0.05) is 31.2 Å². The summed E-state index contributed by atoms with van der Waals surface area (Å²) in [6.07, 6.45) is 7.17. The molecule has 2 unspecified atom stereocenters. The number of amides is 1. The Labute approximate surface area is 146 Å². The van der Waals surface area contributed by atoms with E-state index in [1.807, 2.05) is 56.7 Å². The molecule has 0 radical (unpaired) electrons. The lowest BCUT2D eigenvalue weighted by Gasteiger charge is -2.20. The average Bonchev–Trinajstić information content (AvgIpc) is 3.28. The third kappa shape index (κ3) is 3.77. The molecule has 25 heavy (non-hydrogen) atoms. The van der Waals surface area contributed by atoms with Crippen LogP contribution in [0.25, 0.3) is 5.69 Å². The van der Waals surface area contributed by atoms with Crippen molar-refractivity contribution >= 4 is 5.91 Å². The summed E-state index contributed by atoms with van der Waals surface area (Å²) in [5.74, 6) is -0.0903. The molecule has 1 aromatic carbocycles. The van der Waals surface area contributed by atoms with Crippen molar-refractivity contribution < 1.29 is 4.79 Å². The summed E-state index contributed by atoms with van der Waals surface area (Å²) >= 11 is 0. The Morgan fingerprint density at radius 2 is 2.04 bits per heavy atom. The van der Waals surface area contributed by atoms with Crippen LogP contribution in [0.2, 0.25) is 0 Å². The molecule has 2 atom stereocenters. The van der Waals surface area contributed by atoms with Gasteiger partial charge in [-0.3, -0.25) is 9.48 Å². The Bertz CT molecular complexity index is 839. The second-order valence-corrected chi connectivity index (χ2v) is 5.94. The summed E-state index contributed by atoms with van der Waals surface area (Å²) in [4.78, 5) is 12.7. The van der Waals surface area contributed by atoms with Crippen molar-refractivity contribution in [3.05, 3.63) is 66.2 Å². The molecule has 0 bridgehead atoms. The Hall–Kier alpha value is -2.93. The number of hydrogen-bond acceptors (Lipinski definition) is 4. The minimum absolute atomic E-state index is 0.0903. The lowest BCUT2D eigenvalue weighted by atomic mass is 10.1. The first-order chi connectivity index (χ1) is 12.1. The van der Waals surface area contributed by atoms with E-state index in [0.717, 1.165) is 16.8 Å². The fraction of sp³-hybridized carbons (Fsp3) is 0.278. The number of hydrogen-bond donors (Lipinski definition) is 2. The van der Waals surface area contributed by atoms with Crippen LogP contribution in [-0.2, 0) is 11.8 Å². The minimum atomic E-state index is -0.439. The molecule has 7 heteroatoms. The highest BCUT2D eigenvalue weighted by molar-refractivity contribution is 5.83. The summed E-state index contributed by atoms with van der Waals surface area (Å²) < 4.78 is 3.48. The van der Waals surface area contributed by atoms with Crippen LogP contribution in [0.3, 0.4) is 0 Å². The third-order valence-electron chi connectivity index (χ3n) is 4.11. The van der Waals surface area contributed by atoms with E-state index in [9.17, 15) is 4.79 Å². The van der Waals surface area contributed by atoms with Gasteiger partial charge in [0.1, 0.15) is 6.04 Å². The first-order valence-corrected chi connectivity index (χ1v) is 8.14. The quantitative estimate of drug-likeness (QED) is 0.718. The highest BCUT2D eigenvalue weighted by Crippen LogP contribution is 2.18. The topological polar surface area (TPSA) is 76.8 Å². The zero-order valence-electron chi connectivity index (χ0n) is 14.5. The number of carbonyl (C=O) groups excluding carboxylic acids is 1. The van der Waals surface area contributed by atoms with Crippen LogP contribution in [0, 0.1) is 0 Å². The molecule has 7 nitrogen and oxygen atoms in total. The molecule has 2 aromatic heterocycles. The van der Waals surface area contributed by atoms with Crippen molar-refractivity contribution in [2.45, 2.75) is 19.0 Å². The van der Waals surface area contributed by atoms with Gasteiger partial charge in [-0.15, -0.1) is 0 Å². The van der Waals surface area contributed by atoms with E-state index in [1.165, 1.54) is 0 Å².